The predicted molar refractivity (Wildman–Crippen MR) is 139 cm³/mol. The molecular formula is C26H39N5O5. The fraction of sp³-hybridized carbons (Fsp3) is 0.538. The number of rotatable bonds is 15. The van der Waals surface area contributed by atoms with Gasteiger partial charge in [-0.2, -0.15) is 0 Å². The minimum Gasteiger partial charge on any atom is -0.391 e. The molecular weight excluding hydrogens is 462 g/mol. The Labute approximate surface area is 213 Å². The fourth-order valence-electron chi connectivity index (χ4n) is 3.77. The summed E-state index contributed by atoms with van der Waals surface area (Å²) >= 11 is 0. The number of ether oxygens (including phenoxy) is 1. The molecule has 5 N–H and O–H groups in total. The number of benzene rings is 1. The van der Waals surface area contributed by atoms with Crippen molar-refractivity contribution in [1.82, 2.24) is 21.3 Å². The number of anilines is 1. The monoisotopic (exact) mass is 501 g/mol. The molecule has 0 atom stereocenters. The third-order valence-electron chi connectivity index (χ3n) is 5.65. The van der Waals surface area contributed by atoms with Gasteiger partial charge in [-0.05, 0) is 62.8 Å². The van der Waals surface area contributed by atoms with Crippen molar-refractivity contribution in [1.29, 1.82) is 0 Å². The fourth-order valence-corrected chi connectivity index (χ4v) is 3.77. The summed E-state index contributed by atoms with van der Waals surface area (Å²) < 4.78 is 5.41. The smallest absolute Gasteiger partial charge is 0.314 e. The number of amides is 4. The molecule has 4 amide bonds. The molecule has 0 radical (unpaired) electrons. The number of carbonyl (C=O) groups is 4. The highest BCUT2D eigenvalue weighted by Gasteiger charge is 2.20. The molecule has 1 aliphatic carbocycles. The molecule has 0 fully saturated rings. The maximum absolute atomic E-state index is 12.8. The van der Waals surface area contributed by atoms with E-state index in [1.54, 1.807) is 24.3 Å². The van der Waals surface area contributed by atoms with Crippen LogP contribution in [0.5, 0.6) is 0 Å². The Morgan fingerprint density at radius 1 is 0.861 bits per heavy atom. The number of carbonyl (C=O) groups excluding carboxylic acids is 4. The van der Waals surface area contributed by atoms with E-state index in [0.29, 0.717) is 44.0 Å². The van der Waals surface area contributed by atoms with Gasteiger partial charge in [0.05, 0.1) is 6.61 Å². The van der Waals surface area contributed by atoms with Crippen molar-refractivity contribution in [2.24, 2.45) is 0 Å². The maximum atomic E-state index is 12.8. The molecule has 0 spiro atoms. The number of nitrogens with one attached hydrogen (secondary N) is 5. The van der Waals surface area contributed by atoms with Crippen LogP contribution in [0, 0.1) is 0 Å². The first-order chi connectivity index (χ1) is 17.4. The second-order valence-corrected chi connectivity index (χ2v) is 8.54. The molecule has 36 heavy (non-hydrogen) atoms. The van der Waals surface area contributed by atoms with E-state index in [0.717, 1.165) is 43.4 Å². The average molecular weight is 502 g/mol. The van der Waals surface area contributed by atoms with Gasteiger partial charge in [-0.3, -0.25) is 14.4 Å². The summed E-state index contributed by atoms with van der Waals surface area (Å²) in [5, 5.41) is 13.9. The lowest BCUT2D eigenvalue weighted by Crippen LogP contribution is -2.36. The van der Waals surface area contributed by atoms with Gasteiger partial charge < -0.3 is 31.3 Å². The molecule has 10 nitrogen and oxygen atoms in total. The van der Waals surface area contributed by atoms with Gasteiger partial charge in [0.2, 0.25) is 11.8 Å². The zero-order valence-electron chi connectivity index (χ0n) is 21.3. The number of allylic oxidation sites excluding steroid dienone is 2. The van der Waals surface area contributed by atoms with Gasteiger partial charge in [0.1, 0.15) is 6.42 Å². The molecule has 0 heterocycles. The standard InChI is InChI=1S/C26H39N5O5/c1-3-13-29-26(35)30-14-6-16-36-17-15-28-23(32)18-24(33)31-20-11-9-19(10-12-20)25(34)21-7-4-5-8-22(21)27-2/h9-12,27H,3-8,13-18H2,1-2H3,(H,28,32)(H,31,33)(H2,29,30,35). The Kier molecular flexibility index (Phi) is 13.1. The van der Waals surface area contributed by atoms with Gasteiger partial charge in [0.15, 0.2) is 5.78 Å². The molecule has 0 saturated heterocycles. The Hall–Kier alpha value is -3.40. The highest BCUT2D eigenvalue weighted by atomic mass is 16.5. The first-order valence-electron chi connectivity index (χ1n) is 12.6. The Morgan fingerprint density at radius 2 is 1.58 bits per heavy atom. The first-order valence-corrected chi connectivity index (χ1v) is 12.6. The third-order valence-corrected chi connectivity index (χ3v) is 5.65. The van der Waals surface area contributed by atoms with Crippen molar-refractivity contribution in [3.8, 4) is 0 Å². The van der Waals surface area contributed by atoms with Crippen LogP contribution in [-0.4, -0.2) is 63.5 Å². The zero-order chi connectivity index (χ0) is 26.2. The van der Waals surface area contributed by atoms with Gasteiger partial charge in [-0.1, -0.05) is 6.92 Å². The van der Waals surface area contributed by atoms with Crippen LogP contribution >= 0.6 is 0 Å². The minimum absolute atomic E-state index is 0.00672. The lowest BCUT2D eigenvalue weighted by molar-refractivity contribution is -0.127. The van der Waals surface area contributed by atoms with Gasteiger partial charge in [-0.25, -0.2) is 4.79 Å². The van der Waals surface area contributed by atoms with Crippen molar-refractivity contribution in [3.63, 3.8) is 0 Å². The van der Waals surface area contributed by atoms with Gasteiger partial charge in [0, 0.05) is 55.8 Å². The molecule has 0 bridgehead atoms. The van der Waals surface area contributed by atoms with E-state index in [4.69, 9.17) is 4.74 Å². The van der Waals surface area contributed by atoms with Crippen LogP contribution in [0.1, 0.15) is 62.2 Å². The normalized spacial score (nSPS) is 13.1. The van der Waals surface area contributed by atoms with E-state index >= 15 is 0 Å². The van der Waals surface area contributed by atoms with Crippen LogP contribution in [-0.2, 0) is 14.3 Å². The third kappa shape index (κ3) is 10.5. The first kappa shape index (κ1) is 28.8. The van der Waals surface area contributed by atoms with Crippen molar-refractivity contribution >= 4 is 29.3 Å². The average Bonchev–Trinajstić information content (AvgIpc) is 2.88. The molecule has 1 aliphatic rings. The second kappa shape index (κ2) is 16.3. The van der Waals surface area contributed by atoms with E-state index in [9.17, 15) is 19.2 Å². The van der Waals surface area contributed by atoms with E-state index < -0.39 is 11.8 Å². The quantitative estimate of drug-likeness (QED) is 0.142. The highest BCUT2D eigenvalue weighted by Crippen LogP contribution is 2.26. The summed E-state index contributed by atoms with van der Waals surface area (Å²) in [7, 11) is 1.84. The molecule has 0 aliphatic heterocycles. The van der Waals surface area contributed by atoms with Crippen molar-refractivity contribution in [2.75, 3.05) is 45.2 Å². The Morgan fingerprint density at radius 3 is 2.31 bits per heavy atom. The van der Waals surface area contributed by atoms with E-state index in [2.05, 4.69) is 26.6 Å². The molecule has 198 valence electrons. The topological polar surface area (TPSA) is 138 Å². The van der Waals surface area contributed by atoms with Crippen molar-refractivity contribution < 1.29 is 23.9 Å². The number of urea groups is 1. The minimum atomic E-state index is -0.438. The molecule has 0 aromatic heterocycles. The van der Waals surface area contributed by atoms with Crippen LogP contribution in [0.2, 0.25) is 0 Å². The van der Waals surface area contributed by atoms with E-state index in [-0.39, 0.29) is 24.8 Å². The van der Waals surface area contributed by atoms with Crippen LogP contribution in [0.3, 0.4) is 0 Å². The second-order valence-electron chi connectivity index (χ2n) is 8.54. The van der Waals surface area contributed by atoms with Crippen LogP contribution in [0.25, 0.3) is 0 Å². The molecule has 2 rings (SSSR count). The lowest BCUT2D eigenvalue weighted by atomic mass is 9.90. The van der Waals surface area contributed by atoms with E-state index in [1.165, 1.54) is 0 Å². The largest absolute Gasteiger partial charge is 0.391 e. The van der Waals surface area contributed by atoms with Gasteiger partial charge >= 0.3 is 6.03 Å². The SMILES string of the molecule is CCCNC(=O)NCCCOCCNC(=O)CC(=O)Nc1ccc(C(=O)C2=C(NC)CCCC2)cc1. The summed E-state index contributed by atoms with van der Waals surface area (Å²) in [5.74, 6) is -0.833. The Bertz CT molecular complexity index is 914. The van der Waals surface area contributed by atoms with Crippen LogP contribution in [0.4, 0.5) is 10.5 Å². The number of ketones is 1. The number of Topliss-reactive ketones (excluding diaryl/α,β-unsaturated/α-hetero) is 1. The maximum Gasteiger partial charge on any atom is 0.314 e. The van der Waals surface area contributed by atoms with Crippen LogP contribution < -0.4 is 26.6 Å². The van der Waals surface area contributed by atoms with Crippen LogP contribution in [0.15, 0.2) is 35.5 Å². The Balaban J connectivity index is 1.62. The molecule has 1 aromatic rings. The predicted octanol–water partition coefficient (Wildman–Crippen LogP) is 2.48. The molecule has 0 unspecified atom stereocenters. The van der Waals surface area contributed by atoms with Gasteiger partial charge in [-0.15, -0.1) is 0 Å². The molecule has 10 heteroatoms. The van der Waals surface area contributed by atoms with Gasteiger partial charge in [0.25, 0.3) is 0 Å². The summed E-state index contributed by atoms with van der Waals surface area (Å²) in [6.07, 6.45) is 4.97. The lowest BCUT2D eigenvalue weighted by Gasteiger charge is -2.19. The summed E-state index contributed by atoms with van der Waals surface area (Å²) in [4.78, 5) is 48.4. The number of hydrogen-bond donors (Lipinski definition) is 5. The number of hydrogen-bond acceptors (Lipinski definition) is 6. The van der Waals surface area contributed by atoms with Crippen molar-refractivity contribution in [2.45, 2.75) is 51.9 Å². The summed E-state index contributed by atoms with van der Waals surface area (Å²) in [6, 6.07) is 6.53. The highest BCUT2D eigenvalue weighted by molar-refractivity contribution is 6.09. The molecule has 1 aromatic carbocycles. The summed E-state index contributed by atoms with van der Waals surface area (Å²) in [6.45, 7) is 4.19. The molecule has 0 saturated carbocycles. The zero-order valence-corrected chi connectivity index (χ0v) is 21.3. The summed E-state index contributed by atoms with van der Waals surface area (Å²) in [5.41, 5.74) is 2.93. The van der Waals surface area contributed by atoms with E-state index in [1.807, 2.05) is 14.0 Å². The van der Waals surface area contributed by atoms with Crippen molar-refractivity contribution in [3.05, 3.63) is 41.1 Å².